The van der Waals surface area contributed by atoms with Gasteiger partial charge in [0.1, 0.15) is 6.54 Å². The predicted molar refractivity (Wildman–Crippen MR) is 122 cm³/mol. The Morgan fingerprint density at radius 3 is 2.67 bits per heavy atom. The summed E-state index contributed by atoms with van der Waals surface area (Å²) in [4.78, 5) is 53.6. The van der Waals surface area contributed by atoms with E-state index in [1.165, 1.54) is 36.4 Å². The highest BCUT2D eigenvalue weighted by atomic mass is 35.5. The first-order valence-corrected chi connectivity index (χ1v) is 10.1. The standard InChI is InChI=1S/C22H16ClN5O5/c23-15-6-7-18-19(9-15)26(13-20(29)25-12-14-3-2-8-24-11-14)22(31)27(21(18)30)16-4-1-5-17(10-16)28(32)33/h1-11H,12-13H2,(H,25,29). The van der Waals surface area contributed by atoms with Crippen LogP contribution >= 0.6 is 11.6 Å². The summed E-state index contributed by atoms with van der Waals surface area (Å²) in [6, 6.07) is 13.0. The largest absolute Gasteiger partial charge is 0.350 e. The van der Waals surface area contributed by atoms with Crippen LogP contribution in [0.3, 0.4) is 0 Å². The van der Waals surface area contributed by atoms with E-state index >= 15 is 0 Å². The minimum Gasteiger partial charge on any atom is -0.350 e. The molecule has 1 N–H and O–H groups in total. The molecular formula is C22H16ClN5O5. The third-order valence-corrected chi connectivity index (χ3v) is 5.15. The number of nitrogens with zero attached hydrogens (tertiary/aromatic N) is 4. The molecule has 4 aromatic rings. The summed E-state index contributed by atoms with van der Waals surface area (Å²) in [7, 11) is 0. The average molecular weight is 466 g/mol. The fraction of sp³-hybridized carbons (Fsp3) is 0.0909. The Morgan fingerprint density at radius 1 is 1.12 bits per heavy atom. The molecule has 33 heavy (non-hydrogen) atoms. The van der Waals surface area contributed by atoms with Gasteiger partial charge in [0.05, 0.1) is 21.5 Å². The van der Waals surface area contributed by atoms with Crippen molar-refractivity contribution in [1.82, 2.24) is 19.4 Å². The second kappa shape index (κ2) is 9.05. The van der Waals surface area contributed by atoms with Crippen molar-refractivity contribution in [3.8, 4) is 5.69 Å². The van der Waals surface area contributed by atoms with Crippen molar-refractivity contribution < 1.29 is 9.72 Å². The number of carbonyl (C=O) groups excluding carboxylic acids is 1. The van der Waals surface area contributed by atoms with Gasteiger partial charge in [-0.05, 0) is 35.9 Å². The minimum absolute atomic E-state index is 0.0144. The van der Waals surface area contributed by atoms with Crippen LogP contribution in [0.15, 0.2) is 76.6 Å². The first-order chi connectivity index (χ1) is 15.8. The zero-order chi connectivity index (χ0) is 23.5. The van der Waals surface area contributed by atoms with Crippen molar-refractivity contribution in [2.45, 2.75) is 13.1 Å². The van der Waals surface area contributed by atoms with Gasteiger partial charge in [-0.2, -0.15) is 0 Å². The van der Waals surface area contributed by atoms with Crippen LogP contribution in [-0.2, 0) is 17.9 Å². The molecule has 0 unspecified atom stereocenters. The molecule has 1 amide bonds. The average Bonchev–Trinajstić information content (AvgIpc) is 2.81. The van der Waals surface area contributed by atoms with Crippen molar-refractivity contribution in [3.05, 3.63) is 109 Å². The number of benzene rings is 2. The van der Waals surface area contributed by atoms with Gasteiger partial charge in [0.15, 0.2) is 0 Å². The molecule has 11 heteroatoms. The molecule has 0 saturated heterocycles. The molecule has 10 nitrogen and oxygen atoms in total. The monoisotopic (exact) mass is 465 g/mol. The van der Waals surface area contributed by atoms with Gasteiger partial charge < -0.3 is 5.32 Å². The number of carbonyl (C=O) groups is 1. The Kier molecular flexibility index (Phi) is 6.01. The van der Waals surface area contributed by atoms with E-state index in [-0.39, 0.29) is 33.8 Å². The lowest BCUT2D eigenvalue weighted by atomic mass is 10.2. The van der Waals surface area contributed by atoms with Crippen LogP contribution in [0.4, 0.5) is 5.69 Å². The quantitative estimate of drug-likeness (QED) is 0.344. The molecule has 0 aliphatic heterocycles. The van der Waals surface area contributed by atoms with E-state index in [1.807, 2.05) is 0 Å². The van der Waals surface area contributed by atoms with Gasteiger partial charge in [-0.3, -0.25) is 29.3 Å². The van der Waals surface area contributed by atoms with Crippen LogP contribution in [0.2, 0.25) is 5.02 Å². The summed E-state index contributed by atoms with van der Waals surface area (Å²) in [6.07, 6.45) is 3.21. The molecular weight excluding hydrogens is 450 g/mol. The number of halogens is 1. The number of nitro groups is 1. The van der Waals surface area contributed by atoms with Crippen LogP contribution in [-0.4, -0.2) is 24.9 Å². The predicted octanol–water partition coefficient (Wildman–Crippen LogP) is 2.43. The van der Waals surface area contributed by atoms with E-state index < -0.39 is 28.6 Å². The molecule has 0 aliphatic rings. The molecule has 0 fully saturated rings. The molecule has 166 valence electrons. The Morgan fingerprint density at radius 2 is 1.94 bits per heavy atom. The highest BCUT2D eigenvalue weighted by Crippen LogP contribution is 2.18. The first kappa shape index (κ1) is 21.9. The van der Waals surface area contributed by atoms with Gasteiger partial charge in [0, 0.05) is 36.1 Å². The normalized spacial score (nSPS) is 10.8. The summed E-state index contributed by atoms with van der Waals surface area (Å²) >= 11 is 6.08. The summed E-state index contributed by atoms with van der Waals surface area (Å²) in [5.41, 5.74) is -0.828. The lowest BCUT2D eigenvalue weighted by molar-refractivity contribution is -0.384. The maximum atomic E-state index is 13.3. The molecule has 0 atom stereocenters. The molecule has 0 aliphatic carbocycles. The summed E-state index contributed by atoms with van der Waals surface area (Å²) in [6.45, 7) is -0.199. The SMILES string of the molecule is O=C(Cn1c(=O)n(-c2cccc([N+](=O)[O-])c2)c(=O)c2ccc(Cl)cc21)NCc1cccnc1. The lowest BCUT2D eigenvalue weighted by Gasteiger charge is -2.14. The second-order valence-electron chi connectivity index (χ2n) is 7.09. The van der Waals surface area contributed by atoms with Crippen molar-refractivity contribution in [2.75, 3.05) is 0 Å². The Balaban J connectivity index is 1.81. The molecule has 2 aromatic carbocycles. The number of amides is 1. The number of pyridine rings is 1. The molecule has 4 rings (SSSR count). The third-order valence-electron chi connectivity index (χ3n) is 4.92. The lowest BCUT2D eigenvalue weighted by Crippen LogP contribution is -2.41. The van der Waals surface area contributed by atoms with Crippen molar-refractivity contribution >= 4 is 34.1 Å². The first-order valence-electron chi connectivity index (χ1n) is 9.70. The van der Waals surface area contributed by atoms with Gasteiger partial charge in [-0.1, -0.05) is 23.7 Å². The molecule has 2 heterocycles. The van der Waals surface area contributed by atoms with Gasteiger partial charge in [-0.15, -0.1) is 0 Å². The Hall–Kier alpha value is -4.31. The Bertz CT molecular complexity index is 1500. The van der Waals surface area contributed by atoms with Crippen molar-refractivity contribution in [3.63, 3.8) is 0 Å². The van der Waals surface area contributed by atoms with Gasteiger partial charge >= 0.3 is 5.69 Å². The fourth-order valence-electron chi connectivity index (χ4n) is 3.37. The number of nitrogens with one attached hydrogen (secondary N) is 1. The van der Waals surface area contributed by atoms with Crippen LogP contribution in [0.5, 0.6) is 0 Å². The van der Waals surface area contributed by atoms with Crippen molar-refractivity contribution in [1.29, 1.82) is 0 Å². The van der Waals surface area contributed by atoms with E-state index in [9.17, 15) is 24.5 Å². The van der Waals surface area contributed by atoms with Gasteiger partial charge in [0.2, 0.25) is 5.91 Å². The number of hydrogen-bond donors (Lipinski definition) is 1. The summed E-state index contributed by atoms with van der Waals surface area (Å²) < 4.78 is 1.91. The molecule has 0 bridgehead atoms. The topological polar surface area (TPSA) is 129 Å². The molecule has 0 saturated carbocycles. The van der Waals surface area contributed by atoms with Crippen LogP contribution in [0.1, 0.15) is 5.56 Å². The third kappa shape index (κ3) is 4.51. The van der Waals surface area contributed by atoms with Crippen LogP contribution in [0.25, 0.3) is 16.6 Å². The van der Waals surface area contributed by atoms with E-state index in [4.69, 9.17) is 11.6 Å². The summed E-state index contributed by atoms with van der Waals surface area (Å²) in [5, 5.41) is 14.3. The van der Waals surface area contributed by atoms with E-state index in [0.717, 1.165) is 20.8 Å². The maximum Gasteiger partial charge on any atom is 0.336 e. The zero-order valence-electron chi connectivity index (χ0n) is 17.0. The smallest absolute Gasteiger partial charge is 0.336 e. The number of hydrogen-bond acceptors (Lipinski definition) is 6. The Labute approximate surface area is 190 Å². The molecule has 0 radical (unpaired) electrons. The van der Waals surface area contributed by atoms with Gasteiger partial charge in [-0.25, -0.2) is 9.36 Å². The van der Waals surface area contributed by atoms with E-state index in [0.29, 0.717) is 0 Å². The number of fused-ring (bicyclic) bond motifs is 1. The highest BCUT2D eigenvalue weighted by molar-refractivity contribution is 6.31. The number of non-ortho nitro benzene ring substituents is 1. The van der Waals surface area contributed by atoms with E-state index in [1.54, 1.807) is 24.5 Å². The summed E-state index contributed by atoms with van der Waals surface area (Å²) in [5.74, 6) is -0.480. The van der Waals surface area contributed by atoms with Crippen LogP contribution < -0.4 is 16.6 Å². The van der Waals surface area contributed by atoms with E-state index in [2.05, 4.69) is 10.3 Å². The molecule has 2 aromatic heterocycles. The highest BCUT2D eigenvalue weighted by Gasteiger charge is 2.18. The number of aromatic nitrogens is 3. The fourth-order valence-corrected chi connectivity index (χ4v) is 3.54. The van der Waals surface area contributed by atoms with Gasteiger partial charge in [0.25, 0.3) is 11.2 Å². The minimum atomic E-state index is -0.827. The number of nitro benzene ring substituents is 1. The second-order valence-corrected chi connectivity index (χ2v) is 7.52. The van der Waals surface area contributed by atoms with Crippen LogP contribution in [0, 0.1) is 10.1 Å². The van der Waals surface area contributed by atoms with Crippen molar-refractivity contribution in [2.24, 2.45) is 0 Å². The number of rotatable bonds is 6. The maximum absolute atomic E-state index is 13.3. The molecule has 0 spiro atoms. The zero-order valence-corrected chi connectivity index (χ0v) is 17.7.